The van der Waals surface area contributed by atoms with E-state index in [9.17, 15) is 9.50 Å². The van der Waals surface area contributed by atoms with E-state index < -0.39 is 12.3 Å². The molecule has 4 rings (SSSR count). The third-order valence-electron chi connectivity index (χ3n) is 4.43. The lowest BCUT2D eigenvalue weighted by Gasteiger charge is -2.25. The lowest BCUT2D eigenvalue weighted by molar-refractivity contribution is 0.0590. The van der Waals surface area contributed by atoms with Crippen LogP contribution in [0.25, 0.3) is 22.2 Å². The maximum atomic E-state index is 13.8. The minimum atomic E-state index is -0.978. The van der Waals surface area contributed by atoms with Gasteiger partial charge in [0.25, 0.3) is 5.88 Å². The van der Waals surface area contributed by atoms with Gasteiger partial charge < -0.3 is 9.84 Å². The largest absolute Gasteiger partial charge is 0.507 e. The van der Waals surface area contributed by atoms with E-state index in [2.05, 4.69) is 20.2 Å². The van der Waals surface area contributed by atoms with Crippen LogP contribution in [0.1, 0.15) is 25.7 Å². The van der Waals surface area contributed by atoms with Gasteiger partial charge >= 0.3 is 0 Å². The highest BCUT2D eigenvalue weighted by Gasteiger charge is 2.27. The fraction of sp³-hybridized carbons (Fsp3) is 0.333. The summed E-state index contributed by atoms with van der Waals surface area (Å²) in [6, 6.07) is 5.23. The molecule has 0 spiro atoms. The Bertz CT molecular complexity index is 888. The first kappa shape index (κ1) is 15.7. The van der Waals surface area contributed by atoms with Gasteiger partial charge in [-0.25, -0.2) is 9.37 Å². The molecule has 2 heterocycles. The van der Waals surface area contributed by atoms with Gasteiger partial charge in [-0.2, -0.15) is 0 Å². The van der Waals surface area contributed by atoms with E-state index >= 15 is 0 Å². The van der Waals surface area contributed by atoms with Crippen LogP contribution in [0.2, 0.25) is 0 Å². The molecule has 7 heteroatoms. The number of fused-ring (bicyclic) bond motifs is 1. The van der Waals surface area contributed by atoms with Crippen molar-refractivity contribution in [3.63, 3.8) is 0 Å². The molecule has 1 saturated carbocycles. The highest BCUT2D eigenvalue weighted by molar-refractivity contribution is 5.88. The van der Waals surface area contributed by atoms with E-state index in [0.29, 0.717) is 18.4 Å². The van der Waals surface area contributed by atoms with Crippen LogP contribution in [0, 0.1) is 0 Å². The third kappa shape index (κ3) is 3.22. The molecule has 0 unspecified atom stereocenters. The predicted octanol–water partition coefficient (Wildman–Crippen LogP) is 3.45. The van der Waals surface area contributed by atoms with Gasteiger partial charge in [0, 0.05) is 17.8 Å². The summed E-state index contributed by atoms with van der Waals surface area (Å²) in [5.74, 6) is 0.527. The van der Waals surface area contributed by atoms with Gasteiger partial charge in [0.1, 0.15) is 18.0 Å². The number of halogens is 1. The lowest BCUT2D eigenvalue weighted by atomic mass is 9.96. The first-order valence-electron chi connectivity index (χ1n) is 8.28. The van der Waals surface area contributed by atoms with Crippen molar-refractivity contribution in [3.05, 3.63) is 36.8 Å². The Kier molecular flexibility index (Phi) is 4.13. The minimum absolute atomic E-state index is 0.0482. The van der Waals surface area contributed by atoms with Crippen molar-refractivity contribution < 1.29 is 14.2 Å². The van der Waals surface area contributed by atoms with E-state index in [0.717, 1.165) is 23.6 Å². The molecule has 1 aliphatic rings. The van der Waals surface area contributed by atoms with E-state index in [1.807, 2.05) is 6.07 Å². The Morgan fingerprint density at radius 1 is 1.08 bits per heavy atom. The molecule has 128 valence electrons. The number of alkyl halides is 1. The highest BCUT2D eigenvalue weighted by Crippen LogP contribution is 2.31. The Balaban J connectivity index is 1.58. The summed E-state index contributed by atoms with van der Waals surface area (Å²) >= 11 is 0. The van der Waals surface area contributed by atoms with Crippen LogP contribution in [0.5, 0.6) is 11.6 Å². The minimum Gasteiger partial charge on any atom is -0.507 e. The summed E-state index contributed by atoms with van der Waals surface area (Å²) in [5.41, 5.74) is 0.471. The molecule has 0 radical (unpaired) electrons. The van der Waals surface area contributed by atoms with E-state index in [1.165, 1.54) is 6.20 Å². The normalized spacial score (nSPS) is 20.5. The maximum Gasteiger partial charge on any atom is 0.252 e. The Hall–Kier alpha value is -2.83. The molecular formula is C18H17FN4O2. The number of nitrogens with zero attached hydrogens (tertiary/aromatic N) is 4. The molecule has 1 aromatic carbocycles. The maximum absolute atomic E-state index is 13.8. The van der Waals surface area contributed by atoms with Crippen molar-refractivity contribution >= 4 is 10.8 Å². The van der Waals surface area contributed by atoms with Gasteiger partial charge in [-0.15, -0.1) is 10.2 Å². The van der Waals surface area contributed by atoms with Gasteiger partial charge in [-0.1, -0.05) is 6.42 Å². The van der Waals surface area contributed by atoms with E-state index in [4.69, 9.17) is 4.74 Å². The zero-order chi connectivity index (χ0) is 17.2. The van der Waals surface area contributed by atoms with Crippen LogP contribution >= 0.6 is 0 Å². The molecule has 0 saturated heterocycles. The lowest BCUT2D eigenvalue weighted by Crippen LogP contribution is -2.32. The molecule has 1 fully saturated rings. The number of pyridine rings is 1. The molecule has 2 aromatic heterocycles. The molecule has 0 amide bonds. The first-order chi connectivity index (χ1) is 12.2. The highest BCUT2D eigenvalue weighted by atomic mass is 19.1. The number of aromatic hydroxyl groups is 1. The molecule has 0 aliphatic heterocycles. The number of benzene rings is 1. The Morgan fingerprint density at radius 3 is 2.76 bits per heavy atom. The average Bonchev–Trinajstić information content (AvgIpc) is 2.64. The number of hydrogen-bond acceptors (Lipinski definition) is 6. The summed E-state index contributed by atoms with van der Waals surface area (Å²) < 4.78 is 19.4. The zero-order valence-electron chi connectivity index (χ0n) is 13.5. The zero-order valence-corrected chi connectivity index (χ0v) is 13.5. The Labute approximate surface area is 143 Å². The SMILES string of the molecule is Oc1cc2cnccc2cc1-c1ncc(O[C@@H]2CCCC[C@H]2F)nn1. The second-order valence-corrected chi connectivity index (χ2v) is 6.17. The summed E-state index contributed by atoms with van der Waals surface area (Å²) in [4.78, 5) is 8.24. The number of hydrogen-bond donors (Lipinski definition) is 1. The summed E-state index contributed by atoms with van der Waals surface area (Å²) in [6.07, 6.45) is 6.33. The molecular weight excluding hydrogens is 323 g/mol. The summed E-state index contributed by atoms with van der Waals surface area (Å²) in [6.45, 7) is 0. The molecule has 25 heavy (non-hydrogen) atoms. The van der Waals surface area contributed by atoms with E-state index in [-0.39, 0.29) is 17.5 Å². The number of phenolic OH excluding ortho intramolecular Hbond substituents is 1. The van der Waals surface area contributed by atoms with Crippen molar-refractivity contribution in [1.29, 1.82) is 0 Å². The first-order valence-corrected chi connectivity index (χ1v) is 8.28. The standard InChI is InChI=1S/C18H17FN4O2/c19-14-3-1-2-4-16(14)25-17-10-21-18(23-22-17)13-7-11-5-6-20-9-12(11)8-15(13)24/h5-10,14,16,24H,1-4H2/t14-,16-/m1/s1. The van der Waals surface area contributed by atoms with Gasteiger partial charge in [-0.05, 0) is 42.8 Å². The number of ether oxygens (including phenoxy) is 1. The van der Waals surface area contributed by atoms with Gasteiger partial charge in [0.2, 0.25) is 0 Å². The van der Waals surface area contributed by atoms with Crippen molar-refractivity contribution in [2.45, 2.75) is 38.0 Å². The quantitative estimate of drug-likeness (QED) is 0.786. The second kappa shape index (κ2) is 6.58. The van der Waals surface area contributed by atoms with Crippen molar-refractivity contribution in [2.24, 2.45) is 0 Å². The third-order valence-corrected chi connectivity index (χ3v) is 4.43. The summed E-state index contributed by atoms with van der Waals surface area (Å²) in [5, 5.41) is 19.9. The second-order valence-electron chi connectivity index (χ2n) is 6.17. The van der Waals surface area contributed by atoms with Crippen molar-refractivity contribution in [3.8, 4) is 23.0 Å². The van der Waals surface area contributed by atoms with Gasteiger partial charge in [0.05, 0.1) is 11.8 Å². The monoisotopic (exact) mass is 340 g/mol. The summed E-state index contributed by atoms with van der Waals surface area (Å²) in [7, 11) is 0. The van der Waals surface area contributed by atoms with E-state index in [1.54, 1.807) is 24.5 Å². The van der Waals surface area contributed by atoms with Crippen LogP contribution < -0.4 is 4.74 Å². The van der Waals surface area contributed by atoms with Gasteiger partial charge in [-0.3, -0.25) is 4.98 Å². The number of phenols is 1. The smallest absolute Gasteiger partial charge is 0.252 e. The molecule has 1 N–H and O–H groups in total. The van der Waals surface area contributed by atoms with Crippen LogP contribution in [-0.4, -0.2) is 37.5 Å². The molecule has 2 atom stereocenters. The van der Waals surface area contributed by atoms with Crippen molar-refractivity contribution in [2.75, 3.05) is 0 Å². The molecule has 1 aliphatic carbocycles. The topological polar surface area (TPSA) is 81.0 Å². The van der Waals surface area contributed by atoms with Gasteiger partial charge in [0.15, 0.2) is 5.82 Å². The Morgan fingerprint density at radius 2 is 1.96 bits per heavy atom. The fourth-order valence-electron chi connectivity index (χ4n) is 3.08. The van der Waals surface area contributed by atoms with Crippen molar-refractivity contribution in [1.82, 2.24) is 20.2 Å². The molecule has 0 bridgehead atoms. The van der Waals surface area contributed by atoms with Crippen LogP contribution in [0.15, 0.2) is 36.8 Å². The molecule has 3 aromatic rings. The average molecular weight is 340 g/mol. The molecule has 6 nitrogen and oxygen atoms in total. The van der Waals surface area contributed by atoms with Crippen LogP contribution in [0.4, 0.5) is 4.39 Å². The predicted molar refractivity (Wildman–Crippen MR) is 90.0 cm³/mol. The fourth-order valence-corrected chi connectivity index (χ4v) is 3.08. The van der Waals surface area contributed by atoms with Crippen LogP contribution in [0.3, 0.4) is 0 Å². The van der Waals surface area contributed by atoms with Crippen LogP contribution in [-0.2, 0) is 0 Å². The number of rotatable bonds is 3. The number of aromatic nitrogens is 4.